The fourth-order valence-corrected chi connectivity index (χ4v) is 2.00. The monoisotopic (exact) mass is 303 g/mol. The third kappa shape index (κ3) is 3.20. The van der Waals surface area contributed by atoms with Crippen LogP contribution in [-0.4, -0.2) is 10.1 Å². The highest BCUT2D eigenvalue weighted by Crippen LogP contribution is 2.20. The molecule has 0 radical (unpaired) electrons. The number of rotatable bonds is 4. The van der Waals surface area contributed by atoms with Gasteiger partial charge in [0, 0.05) is 11.3 Å². The van der Waals surface area contributed by atoms with E-state index >= 15 is 0 Å². The van der Waals surface area contributed by atoms with Crippen LogP contribution in [0.4, 0.5) is 10.1 Å². The van der Waals surface area contributed by atoms with Gasteiger partial charge in [-0.05, 0) is 18.2 Å². The fourth-order valence-electron chi connectivity index (χ4n) is 1.81. The minimum Gasteiger partial charge on any atom is -0.376 e. The predicted molar refractivity (Wildman–Crippen MR) is 78.5 cm³/mol. The Kier molecular flexibility index (Phi) is 3.83. The van der Waals surface area contributed by atoms with Crippen LogP contribution in [0.25, 0.3) is 11.4 Å². The number of aromatic nitrogens is 2. The highest BCUT2D eigenvalue weighted by atomic mass is 35.5. The van der Waals surface area contributed by atoms with E-state index in [-0.39, 0.29) is 5.02 Å². The molecule has 0 aliphatic rings. The first-order valence-electron chi connectivity index (χ1n) is 6.29. The number of anilines is 1. The first-order valence-corrected chi connectivity index (χ1v) is 6.67. The maximum Gasteiger partial charge on any atom is 0.246 e. The lowest BCUT2D eigenvalue weighted by molar-refractivity contribution is 0.384. The molecule has 0 unspecified atom stereocenters. The van der Waals surface area contributed by atoms with E-state index in [0.29, 0.717) is 23.9 Å². The summed E-state index contributed by atoms with van der Waals surface area (Å²) in [6.45, 7) is 0.335. The fraction of sp³-hybridized carbons (Fsp3) is 0.0667. The first-order chi connectivity index (χ1) is 10.2. The topological polar surface area (TPSA) is 51.0 Å². The van der Waals surface area contributed by atoms with Gasteiger partial charge in [-0.2, -0.15) is 4.98 Å². The second kappa shape index (κ2) is 5.93. The van der Waals surface area contributed by atoms with Gasteiger partial charge < -0.3 is 9.84 Å². The van der Waals surface area contributed by atoms with Gasteiger partial charge in [0.05, 0.1) is 11.6 Å². The Hall–Kier alpha value is -2.40. The summed E-state index contributed by atoms with van der Waals surface area (Å²) in [4.78, 5) is 4.29. The van der Waals surface area contributed by atoms with Crippen LogP contribution in [0.15, 0.2) is 53.1 Å². The highest BCUT2D eigenvalue weighted by molar-refractivity contribution is 6.31. The van der Waals surface area contributed by atoms with Gasteiger partial charge in [-0.15, -0.1) is 0 Å². The second-order valence-corrected chi connectivity index (χ2v) is 4.77. The van der Waals surface area contributed by atoms with Crippen molar-refractivity contribution in [3.63, 3.8) is 0 Å². The number of halogens is 2. The molecule has 0 amide bonds. The molecule has 106 valence electrons. The molecule has 0 fully saturated rings. The molecule has 1 aromatic heterocycles. The number of hydrogen-bond donors (Lipinski definition) is 1. The quantitative estimate of drug-likeness (QED) is 0.787. The summed E-state index contributed by atoms with van der Waals surface area (Å²) in [5.74, 6) is 0.519. The summed E-state index contributed by atoms with van der Waals surface area (Å²) in [5.41, 5.74) is 1.57. The van der Waals surface area contributed by atoms with Crippen molar-refractivity contribution in [2.75, 3.05) is 5.32 Å². The zero-order valence-corrected chi connectivity index (χ0v) is 11.6. The zero-order valence-electron chi connectivity index (χ0n) is 10.9. The summed E-state index contributed by atoms with van der Waals surface area (Å²) in [6, 6.07) is 13.9. The van der Waals surface area contributed by atoms with Gasteiger partial charge in [-0.1, -0.05) is 47.1 Å². The molecule has 6 heteroatoms. The van der Waals surface area contributed by atoms with Crippen molar-refractivity contribution >= 4 is 17.3 Å². The number of nitrogens with one attached hydrogen (secondary N) is 1. The van der Waals surface area contributed by atoms with E-state index in [4.69, 9.17) is 16.1 Å². The van der Waals surface area contributed by atoms with Crippen molar-refractivity contribution in [3.8, 4) is 11.4 Å². The summed E-state index contributed by atoms with van der Waals surface area (Å²) >= 11 is 5.71. The molecule has 0 aliphatic carbocycles. The number of benzene rings is 2. The Bertz CT molecular complexity index is 746. The molecule has 1 heterocycles. The van der Waals surface area contributed by atoms with E-state index in [1.807, 2.05) is 30.3 Å². The molecule has 2 aromatic carbocycles. The molecular formula is C15H11ClFN3O. The van der Waals surface area contributed by atoms with E-state index in [9.17, 15) is 4.39 Å². The Labute approximate surface area is 125 Å². The highest BCUT2D eigenvalue weighted by Gasteiger charge is 2.08. The molecule has 3 rings (SSSR count). The van der Waals surface area contributed by atoms with E-state index in [2.05, 4.69) is 15.5 Å². The average molecular weight is 304 g/mol. The van der Waals surface area contributed by atoms with Gasteiger partial charge in [0.1, 0.15) is 5.82 Å². The van der Waals surface area contributed by atoms with Gasteiger partial charge in [0.2, 0.25) is 11.7 Å². The Morgan fingerprint density at radius 2 is 1.95 bits per heavy atom. The molecule has 21 heavy (non-hydrogen) atoms. The standard InChI is InChI=1S/C15H11ClFN3O/c16-12-8-11(6-7-13(12)17)18-9-14-19-15(20-21-14)10-4-2-1-3-5-10/h1-8,18H,9H2. The maximum atomic E-state index is 13.1. The van der Waals surface area contributed by atoms with Gasteiger partial charge in [0.25, 0.3) is 0 Å². The van der Waals surface area contributed by atoms with Crippen LogP contribution in [0.5, 0.6) is 0 Å². The smallest absolute Gasteiger partial charge is 0.246 e. The summed E-state index contributed by atoms with van der Waals surface area (Å²) in [5, 5.41) is 7.03. The molecule has 4 nitrogen and oxygen atoms in total. The van der Waals surface area contributed by atoms with E-state index in [1.165, 1.54) is 12.1 Å². The van der Waals surface area contributed by atoms with Crippen LogP contribution in [-0.2, 0) is 6.54 Å². The van der Waals surface area contributed by atoms with Gasteiger partial charge >= 0.3 is 0 Å². The van der Waals surface area contributed by atoms with Gasteiger partial charge in [-0.3, -0.25) is 0 Å². The van der Waals surface area contributed by atoms with Crippen LogP contribution >= 0.6 is 11.6 Å². The summed E-state index contributed by atoms with van der Waals surface area (Å²) in [7, 11) is 0. The molecule has 0 saturated heterocycles. The molecule has 0 spiro atoms. The van der Waals surface area contributed by atoms with Crippen LogP contribution in [0, 0.1) is 5.82 Å². The van der Waals surface area contributed by atoms with E-state index < -0.39 is 5.82 Å². The van der Waals surface area contributed by atoms with E-state index in [0.717, 1.165) is 5.56 Å². The molecule has 0 bridgehead atoms. The number of nitrogens with zero attached hydrogens (tertiary/aromatic N) is 2. The molecule has 3 aromatic rings. The molecular weight excluding hydrogens is 293 g/mol. The largest absolute Gasteiger partial charge is 0.376 e. The lowest BCUT2D eigenvalue weighted by Crippen LogP contribution is -1.99. The zero-order chi connectivity index (χ0) is 14.7. The first kappa shape index (κ1) is 13.6. The minimum atomic E-state index is -0.452. The Morgan fingerprint density at radius 1 is 1.14 bits per heavy atom. The Balaban J connectivity index is 1.69. The van der Waals surface area contributed by atoms with Crippen molar-refractivity contribution in [2.45, 2.75) is 6.54 Å². The van der Waals surface area contributed by atoms with Crippen molar-refractivity contribution in [3.05, 3.63) is 65.3 Å². The molecule has 0 saturated carbocycles. The lowest BCUT2D eigenvalue weighted by Gasteiger charge is -2.03. The summed E-state index contributed by atoms with van der Waals surface area (Å²) in [6.07, 6.45) is 0. The molecule has 1 N–H and O–H groups in total. The van der Waals surface area contributed by atoms with E-state index in [1.54, 1.807) is 6.07 Å². The third-order valence-electron chi connectivity index (χ3n) is 2.86. The Morgan fingerprint density at radius 3 is 2.71 bits per heavy atom. The van der Waals surface area contributed by atoms with Crippen molar-refractivity contribution in [1.29, 1.82) is 0 Å². The third-order valence-corrected chi connectivity index (χ3v) is 3.15. The van der Waals surface area contributed by atoms with Gasteiger partial charge in [-0.25, -0.2) is 4.39 Å². The van der Waals surface area contributed by atoms with Crippen LogP contribution in [0.3, 0.4) is 0 Å². The second-order valence-electron chi connectivity index (χ2n) is 4.36. The lowest BCUT2D eigenvalue weighted by atomic mass is 10.2. The van der Waals surface area contributed by atoms with Crippen molar-refractivity contribution in [1.82, 2.24) is 10.1 Å². The van der Waals surface area contributed by atoms with Crippen molar-refractivity contribution in [2.24, 2.45) is 0 Å². The van der Waals surface area contributed by atoms with Crippen molar-refractivity contribution < 1.29 is 8.91 Å². The van der Waals surface area contributed by atoms with Crippen LogP contribution < -0.4 is 5.32 Å². The summed E-state index contributed by atoms with van der Waals surface area (Å²) < 4.78 is 18.2. The number of hydrogen-bond acceptors (Lipinski definition) is 4. The predicted octanol–water partition coefficient (Wildman–Crippen LogP) is 4.14. The average Bonchev–Trinajstić information content (AvgIpc) is 2.98. The maximum absolute atomic E-state index is 13.1. The SMILES string of the molecule is Fc1ccc(NCc2nc(-c3ccccc3)no2)cc1Cl. The molecule has 0 aliphatic heterocycles. The van der Waals surface area contributed by atoms with Crippen LogP contribution in [0.1, 0.15) is 5.89 Å². The molecule has 0 atom stereocenters. The van der Waals surface area contributed by atoms with Gasteiger partial charge in [0.15, 0.2) is 0 Å². The minimum absolute atomic E-state index is 0.0653. The normalized spacial score (nSPS) is 10.6. The van der Waals surface area contributed by atoms with Crippen LogP contribution in [0.2, 0.25) is 5.02 Å².